The molecule has 0 aliphatic heterocycles. The van der Waals surface area contributed by atoms with Crippen molar-refractivity contribution < 1.29 is 19.4 Å². The highest BCUT2D eigenvalue weighted by Gasteiger charge is 2.09. The number of hydrogen-bond donors (Lipinski definition) is 1. The van der Waals surface area contributed by atoms with Gasteiger partial charge in [0.2, 0.25) is 0 Å². The van der Waals surface area contributed by atoms with Crippen molar-refractivity contribution >= 4 is 18.0 Å². The van der Waals surface area contributed by atoms with Crippen LogP contribution in [0.1, 0.15) is 12.5 Å². The van der Waals surface area contributed by atoms with Crippen LogP contribution in [0.25, 0.3) is 6.08 Å². The largest absolute Gasteiger partial charge is 0.478 e. The molecule has 0 amide bonds. The first-order valence-electron chi connectivity index (χ1n) is 5.31. The molecule has 1 N–H and O–H groups in total. The summed E-state index contributed by atoms with van der Waals surface area (Å²) in [5, 5.41) is 8.80. The van der Waals surface area contributed by atoms with Gasteiger partial charge in [-0.15, -0.1) is 0 Å². The smallest absolute Gasteiger partial charge is 0.337 e. The molecule has 1 aromatic rings. The molecule has 0 atom stereocenters. The molecular formula is C14H14O4. The summed E-state index contributed by atoms with van der Waals surface area (Å²) >= 11 is 0. The molecule has 94 valence electrons. The Morgan fingerprint density at radius 2 is 1.83 bits per heavy atom. The fraction of sp³-hybridized carbons (Fsp3) is 0.143. The summed E-state index contributed by atoms with van der Waals surface area (Å²) in [5.74, 6) is -1.64. The Hall–Kier alpha value is -2.36. The zero-order valence-electron chi connectivity index (χ0n) is 10.2. The zero-order chi connectivity index (χ0) is 13.5. The van der Waals surface area contributed by atoms with Crippen LogP contribution in [-0.4, -0.2) is 24.2 Å². The SMILES string of the molecule is COC(=O)C(C=C(C)C(=O)O)=Cc1ccccc1. The second kappa shape index (κ2) is 6.39. The van der Waals surface area contributed by atoms with Crippen molar-refractivity contribution in [2.75, 3.05) is 7.11 Å². The summed E-state index contributed by atoms with van der Waals surface area (Å²) in [6.45, 7) is 1.42. The molecule has 0 aliphatic rings. The van der Waals surface area contributed by atoms with Crippen molar-refractivity contribution in [2.45, 2.75) is 6.92 Å². The second-order valence-electron chi connectivity index (χ2n) is 3.63. The van der Waals surface area contributed by atoms with Crippen molar-refractivity contribution in [1.82, 2.24) is 0 Å². The Kier molecular flexibility index (Phi) is 4.87. The Bertz CT molecular complexity index is 498. The average Bonchev–Trinajstić information content (AvgIpc) is 2.38. The van der Waals surface area contributed by atoms with Crippen LogP contribution in [0.2, 0.25) is 0 Å². The summed E-state index contributed by atoms with van der Waals surface area (Å²) in [5.41, 5.74) is 1.07. The van der Waals surface area contributed by atoms with Gasteiger partial charge in [0, 0.05) is 5.57 Å². The minimum atomic E-state index is -1.07. The molecule has 0 aliphatic carbocycles. The van der Waals surface area contributed by atoms with Gasteiger partial charge in [-0.1, -0.05) is 30.3 Å². The number of esters is 1. The van der Waals surface area contributed by atoms with E-state index in [9.17, 15) is 9.59 Å². The molecule has 0 fully saturated rings. The fourth-order valence-electron chi connectivity index (χ4n) is 1.30. The van der Waals surface area contributed by atoms with Gasteiger partial charge in [0.15, 0.2) is 0 Å². The van der Waals surface area contributed by atoms with Crippen LogP contribution in [0, 0.1) is 0 Å². The van der Waals surface area contributed by atoms with Crippen LogP contribution in [-0.2, 0) is 14.3 Å². The number of aliphatic carboxylic acids is 1. The standard InChI is InChI=1S/C14H14O4/c1-10(13(15)16)8-12(14(17)18-2)9-11-6-4-3-5-7-11/h3-9H,1-2H3,(H,15,16). The third kappa shape index (κ3) is 3.90. The number of benzene rings is 1. The quantitative estimate of drug-likeness (QED) is 0.503. The van der Waals surface area contributed by atoms with Crippen LogP contribution < -0.4 is 0 Å². The van der Waals surface area contributed by atoms with Gasteiger partial charge in [0.25, 0.3) is 0 Å². The molecule has 0 aromatic heterocycles. The maximum atomic E-state index is 11.5. The monoisotopic (exact) mass is 246 g/mol. The molecule has 1 rings (SSSR count). The lowest BCUT2D eigenvalue weighted by atomic mass is 10.1. The predicted molar refractivity (Wildman–Crippen MR) is 67.8 cm³/mol. The number of hydrogen-bond acceptors (Lipinski definition) is 3. The summed E-state index contributed by atoms with van der Waals surface area (Å²) < 4.78 is 4.62. The first-order chi connectivity index (χ1) is 8.54. The maximum Gasteiger partial charge on any atom is 0.337 e. The maximum absolute atomic E-state index is 11.5. The van der Waals surface area contributed by atoms with E-state index in [1.165, 1.54) is 20.1 Å². The van der Waals surface area contributed by atoms with Crippen LogP contribution in [0.15, 0.2) is 47.6 Å². The normalized spacial score (nSPS) is 12.1. The summed E-state index contributed by atoms with van der Waals surface area (Å²) in [6, 6.07) is 9.14. The molecule has 0 bridgehead atoms. The summed E-state index contributed by atoms with van der Waals surface area (Å²) in [7, 11) is 1.26. The number of carbonyl (C=O) groups excluding carboxylic acids is 1. The number of carbonyl (C=O) groups is 2. The second-order valence-corrected chi connectivity index (χ2v) is 3.63. The van der Waals surface area contributed by atoms with E-state index in [1.807, 2.05) is 30.3 Å². The Morgan fingerprint density at radius 3 is 2.33 bits per heavy atom. The van der Waals surface area contributed by atoms with Gasteiger partial charge in [-0.25, -0.2) is 9.59 Å². The molecule has 0 spiro atoms. The molecule has 1 aromatic carbocycles. The van der Waals surface area contributed by atoms with Gasteiger partial charge in [0.05, 0.1) is 12.7 Å². The Morgan fingerprint density at radius 1 is 1.22 bits per heavy atom. The Balaban J connectivity index is 3.15. The molecule has 0 saturated carbocycles. The van der Waals surface area contributed by atoms with E-state index >= 15 is 0 Å². The highest BCUT2D eigenvalue weighted by Crippen LogP contribution is 2.11. The molecule has 0 radical (unpaired) electrons. The van der Waals surface area contributed by atoms with Gasteiger partial charge in [0.1, 0.15) is 0 Å². The number of carboxylic acid groups (broad SMARTS) is 1. The lowest BCUT2D eigenvalue weighted by Gasteiger charge is -2.02. The van der Waals surface area contributed by atoms with E-state index in [-0.39, 0.29) is 11.1 Å². The van der Waals surface area contributed by atoms with E-state index in [0.29, 0.717) is 0 Å². The van der Waals surface area contributed by atoms with Crippen molar-refractivity contribution in [3.8, 4) is 0 Å². The summed E-state index contributed by atoms with van der Waals surface area (Å²) in [4.78, 5) is 22.3. The lowest BCUT2D eigenvalue weighted by Crippen LogP contribution is -2.05. The van der Waals surface area contributed by atoms with Crippen LogP contribution in [0.5, 0.6) is 0 Å². The first kappa shape index (κ1) is 13.7. The third-order valence-corrected chi connectivity index (χ3v) is 2.25. The van der Waals surface area contributed by atoms with Gasteiger partial charge in [-0.2, -0.15) is 0 Å². The number of carboxylic acids is 1. The number of rotatable bonds is 4. The van der Waals surface area contributed by atoms with Crippen LogP contribution in [0.3, 0.4) is 0 Å². The molecule has 0 saturated heterocycles. The third-order valence-electron chi connectivity index (χ3n) is 2.25. The lowest BCUT2D eigenvalue weighted by molar-refractivity contribution is -0.135. The van der Waals surface area contributed by atoms with Crippen molar-refractivity contribution in [3.63, 3.8) is 0 Å². The molecule has 4 nitrogen and oxygen atoms in total. The average molecular weight is 246 g/mol. The molecule has 4 heteroatoms. The Labute approximate surface area is 105 Å². The van der Waals surface area contributed by atoms with Crippen LogP contribution in [0.4, 0.5) is 0 Å². The van der Waals surface area contributed by atoms with Gasteiger partial charge >= 0.3 is 11.9 Å². The number of methoxy groups -OCH3 is 1. The van der Waals surface area contributed by atoms with Gasteiger partial charge < -0.3 is 9.84 Å². The van der Waals surface area contributed by atoms with Crippen molar-refractivity contribution in [1.29, 1.82) is 0 Å². The van der Waals surface area contributed by atoms with Crippen LogP contribution >= 0.6 is 0 Å². The molecule has 0 heterocycles. The topological polar surface area (TPSA) is 63.6 Å². The minimum absolute atomic E-state index is 0.0718. The molecule has 0 unspecified atom stereocenters. The van der Waals surface area contributed by atoms with E-state index in [4.69, 9.17) is 5.11 Å². The highest BCUT2D eigenvalue weighted by atomic mass is 16.5. The first-order valence-corrected chi connectivity index (χ1v) is 5.31. The van der Waals surface area contributed by atoms with Gasteiger partial charge in [-0.05, 0) is 24.6 Å². The summed E-state index contributed by atoms with van der Waals surface area (Å²) in [6.07, 6.45) is 2.87. The predicted octanol–water partition coefficient (Wildman–Crippen LogP) is 2.27. The van der Waals surface area contributed by atoms with Crippen molar-refractivity contribution in [3.05, 3.63) is 53.1 Å². The van der Waals surface area contributed by atoms with E-state index < -0.39 is 11.9 Å². The molecular weight excluding hydrogens is 232 g/mol. The number of ether oxygens (including phenoxy) is 1. The molecule has 18 heavy (non-hydrogen) atoms. The van der Waals surface area contributed by atoms with E-state index in [0.717, 1.165) is 5.56 Å². The van der Waals surface area contributed by atoms with E-state index in [2.05, 4.69) is 4.74 Å². The fourth-order valence-corrected chi connectivity index (χ4v) is 1.30. The van der Waals surface area contributed by atoms with Gasteiger partial charge in [-0.3, -0.25) is 0 Å². The highest BCUT2D eigenvalue weighted by molar-refractivity contribution is 5.99. The van der Waals surface area contributed by atoms with E-state index in [1.54, 1.807) is 6.08 Å². The minimum Gasteiger partial charge on any atom is -0.478 e. The van der Waals surface area contributed by atoms with Crippen molar-refractivity contribution in [2.24, 2.45) is 0 Å². The zero-order valence-corrected chi connectivity index (χ0v) is 10.2.